The molecule has 2 heterocycles. The molecule has 8 nitrogen and oxygen atoms in total. The maximum atomic E-state index is 12.1. The lowest BCUT2D eigenvalue weighted by molar-refractivity contribution is -0.123. The average Bonchev–Trinajstić information content (AvgIpc) is 2.82. The SMILES string of the molecule is Cc1cc(OCC(=O)NN=Cc2ccc3c(c2)OCCO3)nc(SCc2ccccc2)n1. The summed E-state index contributed by atoms with van der Waals surface area (Å²) >= 11 is 1.51. The number of carbonyl (C=O) groups is 1. The van der Waals surface area contributed by atoms with Gasteiger partial charge in [-0.05, 0) is 36.2 Å². The first-order valence-electron chi connectivity index (χ1n) is 10.0. The summed E-state index contributed by atoms with van der Waals surface area (Å²) in [6.07, 6.45) is 1.53. The molecular formula is C23H22N4O4S. The van der Waals surface area contributed by atoms with E-state index < -0.39 is 5.91 Å². The Hall–Kier alpha value is -3.59. The van der Waals surface area contributed by atoms with Crippen LogP contribution in [0.25, 0.3) is 0 Å². The number of nitrogens with zero attached hydrogens (tertiary/aromatic N) is 3. The first-order chi connectivity index (χ1) is 15.7. The van der Waals surface area contributed by atoms with E-state index in [0.29, 0.717) is 35.7 Å². The van der Waals surface area contributed by atoms with E-state index in [1.54, 1.807) is 12.1 Å². The number of benzene rings is 2. The quantitative estimate of drug-likeness (QED) is 0.243. The molecule has 0 saturated heterocycles. The molecule has 1 aliphatic heterocycles. The Bertz CT molecular complexity index is 1110. The third kappa shape index (κ3) is 6.21. The molecule has 3 aromatic rings. The second-order valence-corrected chi connectivity index (χ2v) is 7.83. The molecule has 0 aliphatic carbocycles. The number of carbonyl (C=O) groups excluding carboxylic acids is 1. The number of nitrogens with one attached hydrogen (secondary N) is 1. The highest BCUT2D eigenvalue weighted by Crippen LogP contribution is 2.30. The molecule has 0 fully saturated rings. The Morgan fingerprint density at radius 3 is 2.78 bits per heavy atom. The van der Waals surface area contributed by atoms with Gasteiger partial charge in [-0.1, -0.05) is 42.1 Å². The van der Waals surface area contributed by atoms with Crippen LogP contribution in [0.15, 0.2) is 64.9 Å². The lowest BCUT2D eigenvalue weighted by Crippen LogP contribution is -2.25. The van der Waals surface area contributed by atoms with E-state index >= 15 is 0 Å². The van der Waals surface area contributed by atoms with E-state index in [2.05, 4.69) is 32.6 Å². The van der Waals surface area contributed by atoms with Crippen LogP contribution in [0.3, 0.4) is 0 Å². The summed E-state index contributed by atoms with van der Waals surface area (Å²) in [4.78, 5) is 20.9. The van der Waals surface area contributed by atoms with Crippen LogP contribution < -0.4 is 19.6 Å². The van der Waals surface area contributed by atoms with Gasteiger partial charge < -0.3 is 14.2 Å². The predicted octanol–water partition coefficient (Wildman–Crippen LogP) is 3.38. The highest BCUT2D eigenvalue weighted by molar-refractivity contribution is 7.98. The minimum atomic E-state index is -0.395. The van der Waals surface area contributed by atoms with Crippen molar-refractivity contribution in [3.63, 3.8) is 0 Å². The lowest BCUT2D eigenvalue weighted by Gasteiger charge is -2.18. The summed E-state index contributed by atoms with van der Waals surface area (Å²) in [6.45, 7) is 2.70. The molecule has 1 aliphatic rings. The topological polar surface area (TPSA) is 94.9 Å². The fraction of sp³-hybridized carbons (Fsp3) is 0.217. The Labute approximate surface area is 190 Å². The van der Waals surface area contributed by atoms with Crippen molar-refractivity contribution in [2.75, 3.05) is 19.8 Å². The number of hydrogen-bond donors (Lipinski definition) is 1. The van der Waals surface area contributed by atoms with Crippen LogP contribution in [0.2, 0.25) is 0 Å². The number of aromatic nitrogens is 2. The van der Waals surface area contributed by atoms with Gasteiger partial charge in [-0.2, -0.15) is 10.1 Å². The largest absolute Gasteiger partial charge is 0.486 e. The molecule has 1 N–H and O–H groups in total. The van der Waals surface area contributed by atoms with E-state index in [9.17, 15) is 4.79 Å². The van der Waals surface area contributed by atoms with Gasteiger partial charge in [0.25, 0.3) is 5.91 Å². The predicted molar refractivity (Wildman–Crippen MR) is 121 cm³/mol. The van der Waals surface area contributed by atoms with Crippen LogP contribution in [0.4, 0.5) is 0 Å². The Kier molecular flexibility index (Phi) is 7.19. The summed E-state index contributed by atoms with van der Waals surface area (Å²) < 4.78 is 16.5. The maximum absolute atomic E-state index is 12.1. The average molecular weight is 451 g/mol. The van der Waals surface area contributed by atoms with E-state index in [1.807, 2.05) is 37.3 Å². The number of amides is 1. The van der Waals surface area contributed by atoms with E-state index in [4.69, 9.17) is 14.2 Å². The molecule has 4 rings (SSSR count). The summed E-state index contributed by atoms with van der Waals surface area (Å²) in [5, 5.41) is 4.56. The Morgan fingerprint density at radius 2 is 1.94 bits per heavy atom. The number of aryl methyl sites for hydroxylation is 1. The van der Waals surface area contributed by atoms with Crippen LogP contribution in [0.5, 0.6) is 17.4 Å². The van der Waals surface area contributed by atoms with Gasteiger partial charge in [0.2, 0.25) is 5.88 Å². The summed E-state index contributed by atoms with van der Waals surface area (Å²) in [6, 6.07) is 17.2. The van der Waals surface area contributed by atoms with Crippen molar-refractivity contribution in [3.05, 3.63) is 71.4 Å². The van der Waals surface area contributed by atoms with Gasteiger partial charge in [-0.3, -0.25) is 4.79 Å². The van der Waals surface area contributed by atoms with Gasteiger partial charge in [0.05, 0.1) is 6.21 Å². The van der Waals surface area contributed by atoms with Crippen molar-refractivity contribution in [1.29, 1.82) is 0 Å². The van der Waals surface area contributed by atoms with Crippen molar-refractivity contribution in [3.8, 4) is 17.4 Å². The van der Waals surface area contributed by atoms with Crippen LogP contribution in [0, 0.1) is 6.92 Å². The second kappa shape index (κ2) is 10.6. The number of fused-ring (bicyclic) bond motifs is 1. The first kappa shape index (κ1) is 21.6. The smallest absolute Gasteiger partial charge is 0.278 e. The second-order valence-electron chi connectivity index (χ2n) is 6.89. The van der Waals surface area contributed by atoms with Crippen molar-refractivity contribution in [2.24, 2.45) is 5.10 Å². The number of rotatable bonds is 8. The first-order valence-corrected chi connectivity index (χ1v) is 11.0. The van der Waals surface area contributed by atoms with Gasteiger partial charge in [-0.15, -0.1) is 0 Å². The van der Waals surface area contributed by atoms with Gasteiger partial charge in [0, 0.05) is 17.5 Å². The summed E-state index contributed by atoms with van der Waals surface area (Å²) in [5.74, 6) is 2.06. The molecule has 0 bridgehead atoms. The van der Waals surface area contributed by atoms with Crippen molar-refractivity contribution in [1.82, 2.24) is 15.4 Å². The summed E-state index contributed by atoms with van der Waals surface area (Å²) in [7, 11) is 0. The number of hydrazone groups is 1. The summed E-state index contributed by atoms with van der Waals surface area (Å²) in [5.41, 5.74) is 5.17. The zero-order valence-corrected chi connectivity index (χ0v) is 18.3. The van der Waals surface area contributed by atoms with Gasteiger partial charge >= 0.3 is 0 Å². The molecule has 9 heteroatoms. The normalized spacial score (nSPS) is 12.5. The van der Waals surface area contributed by atoms with Crippen LogP contribution in [-0.2, 0) is 10.5 Å². The third-order valence-electron chi connectivity index (χ3n) is 4.34. The van der Waals surface area contributed by atoms with Crippen LogP contribution in [0.1, 0.15) is 16.8 Å². The van der Waals surface area contributed by atoms with Gasteiger partial charge in [-0.25, -0.2) is 10.4 Å². The Morgan fingerprint density at radius 1 is 1.12 bits per heavy atom. The van der Waals surface area contributed by atoms with Gasteiger partial charge in [0.1, 0.15) is 13.2 Å². The molecule has 0 unspecified atom stereocenters. The standard InChI is InChI=1S/C23H22N4O4S/c1-16-11-22(26-23(25-16)32-15-17-5-3-2-4-6-17)31-14-21(28)27-24-13-18-7-8-19-20(12-18)30-10-9-29-19/h2-8,11-13H,9-10,14-15H2,1H3,(H,27,28). The molecule has 0 spiro atoms. The monoisotopic (exact) mass is 450 g/mol. The molecule has 2 aromatic carbocycles. The minimum Gasteiger partial charge on any atom is -0.486 e. The molecule has 32 heavy (non-hydrogen) atoms. The highest BCUT2D eigenvalue weighted by atomic mass is 32.2. The number of thioether (sulfide) groups is 1. The molecule has 0 atom stereocenters. The molecule has 1 amide bonds. The van der Waals surface area contributed by atoms with E-state index in [-0.39, 0.29) is 6.61 Å². The zero-order chi connectivity index (χ0) is 22.2. The lowest BCUT2D eigenvalue weighted by atomic mass is 10.2. The minimum absolute atomic E-state index is 0.211. The maximum Gasteiger partial charge on any atom is 0.278 e. The van der Waals surface area contributed by atoms with Crippen molar-refractivity contribution < 1.29 is 19.0 Å². The van der Waals surface area contributed by atoms with Crippen molar-refractivity contribution in [2.45, 2.75) is 17.8 Å². The van der Waals surface area contributed by atoms with Crippen molar-refractivity contribution >= 4 is 23.9 Å². The van der Waals surface area contributed by atoms with Crippen LogP contribution >= 0.6 is 11.8 Å². The third-order valence-corrected chi connectivity index (χ3v) is 5.26. The molecular weight excluding hydrogens is 428 g/mol. The zero-order valence-electron chi connectivity index (χ0n) is 17.5. The Balaban J connectivity index is 1.27. The number of ether oxygens (including phenoxy) is 3. The van der Waals surface area contributed by atoms with Gasteiger partial charge in [0.15, 0.2) is 23.3 Å². The molecule has 1 aromatic heterocycles. The van der Waals surface area contributed by atoms with E-state index in [0.717, 1.165) is 17.0 Å². The highest BCUT2D eigenvalue weighted by Gasteiger charge is 2.11. The fourth-order valence-corrected chi connectivity index (χ4v) is 3.72. The number of hydrogen-bond acceptors (Lipinski definition) is 8. The fourth-order valence-electron chi connectivity index (χ4n) is 2.86. The molecule has 0 saturated carbocycles. The van der Waals surface area contributed by atoms with Crippen LogP contribution in [-0.4, -0.2) is 41.9 Å². The van der Waals surface area contributed by atoms with E-state index in [1.165, 1.54) is 23.5 Å². The molecule has 0 radical (unpaired) electrons. The molecule has 164 valence electrons.